The average molecular weight is 349 g/mol. The molecule has 1 aliphatic heterocycles. The first-order chi connectivity index (χ1) is 12.3. The average Bonchev–Trinajstić information content (AvgIpc) is 2.66. The number of hydrogen-bond acceptors (Lipinski definition) is 4. The van der Waals surface area contributed by atoms with Crippen LogP contribution in [-0.4, -0.2) is 14.2 Å². The maximum absolute atomic E-state index is 5.53. The molecule has 0 saturated carbocycles. The second-order valence-electron chi connectivity index (χ2n) is 5.91. The predicted molar refractivity (Wildman–Crippen MR) is 103 cm³/mol. The van der Waals surface area contributed by atoms with Gasteiger partial charge in [0.15, 0.2) is 0 Å². The fourth-order valence-electron chi connectivity index (χ4n) is 3.01. The number of ether oxygens (including phenoxy) is 2. The third-order valence-corrected chi connectivity index (χ3v) is 5.40. The zero-order valence-electron chi connectivity index (χ0n) is 14.2. The van der Waals surface area contributed by atoms with E-state index in [0.717, 1.165) is 34.2 Å². The van der Waals surface area contributed by atoms with Crippen molar-refractivity contribution >= 4 is 23.1 Å². The highest BCUT2D eigenvalue weighted by atomic mass is 32.2. The van der Waals surface area contributed by atoms with Gasteiger partial charge in [0.25, 0.3) is 0 Å². The lowest BCUT2D eigenvalue weighted by Gasteiger charge is -2.24. The molecule has 0 atom stereocenters. The molecule has 126 valence electrons. The number of hydrogen-bond donors (Lipinski definition) is 1. The zero-order valence-corrected chi connectivity index (χ0v) is 15.0. The van der Waals surface area contributed by atoms with Crippen LogP contribution in [-0.2, 0) is 6.42 Å². The van der Waals surface area contributed by atoms with Crippen molar-refractivity contribution < 1.29 is 9.47 Å². The van der Waals surface area contributed by atoms with Gasteiger partial charge < -0.3 is 14.8 Å². The van der Waals surface area contributed by atoms with Crippen molar-refractivity contribution in [3.8, 4) is 11.5 Å². The summed E-state index contributed by atoms with van der Waals surface area (Å²) >= 11 is 1.74. The highest BCUT2D eigenvalue weighted by Crippen LogP contribution is 2.48. The zero-order chi connectivity index (χ0) is 17.2. The van der Waals surface area contributed by atoms with Crippen LogP contribution in [0.4, 0.5) is 11.4 Å². The molecule has 0 aromatic heterocycles. The molecule has 25 heavy (non-hydrogen) atoms. The monoisotopic (exact) mass is 349 g/mol. The minimum atomic E-state index is 0.861. The van der Waals surface area contributed by atoms with Crippen LogP contribution in [0, 0.1) is 0 Å². The fourth-order valence-corrected chi connectivity index (χ4v) is 4.11. The van der Waals surface area contributed by atoms with E-state index in [-0.39, 0.29) is 0 Å². The summed E-state index contributed by atoms with van der Waals surface area (Å²) in [7, 11) is 3.41. The molecular formula is C21H19NO2S. The van der Waals surface area contributed by atoms with E-state index in [1.165, 1.54) is 16.0 Å². The largest absolute Gasteiger partial charge is 0.497 e. The fraction of sp³-hybridized carbons (Fsp3) is 0.143. The topological polar surface area (TPSA) is 30.5 Å². The standard InChI is InChI=1S/C21H19NO2S/c1-23-16-8-9-18-19(12-16)25-20-13-17(24-2)11-15(21(20)22-18)10-14-6-4-3-5-7-14/h3-9,11-13,22H,10H2,1-2H3. The summed E-state index contributed by atoms with van der Waals surface area (Å²) in [6.07, 6.45) is 0.861. The summed E-state index contributed by atoms with van der Waals surface area (Å²) in [6, 6.07) is 20.8. The van der Waals surface area contributed by atoms with E-state index in [1.807, 2.05) is 12.1 Å². The van der Waals surface area contributed by atoms with Gasteiger partial charge in [-0.05, 0) is 47.9 Å². The Bertz CT molecular complexity index is 909. The van der Waals surface area contributed by atoms with Gasteiger partial charge in [-0.1, -0.05) is 42.1 Å². The Morgan fingerprint density at radius 2 is 1.60 bits per heavy atom. The molecule has 0 saturated heterocycles. The normalized spacial score (nSPS) is 11.9. The van der Waals surface area contributed by atoms with Crippen LogP contribution in [0.3, 0.4) is 0 Å². The maximum Gasteiger partial charge on any atom is 0.120 e. The summed E-state index contributed by atoms with van der Waals surface area (Å²) in [5, 5.41) is 3.60. The SMILES string of the molecule is COc1ccc2c(c1)Sc1cc(OC)cc(Cc3ccccc3)c1N2. The van der Waals surface area contributed by atoms with Crippen molar-refractivity contribution in [2.24, 2.45) is 0 Å². The van der Waals surface area contributed by atoms with E-state index in [4.69, 9.17) is 9.47 Å². The summed E-state index contributed by atoms with van der Waals surface area (Å²) in [4.78, 5) is 2.33. The van der Waals surface area contributed by atoms with Gasteiger partial charge in [-0.15, -0.1) is 0 Å². The molecule has 0 radical (unpaired) electrons. The smallest absolute Gasteiger partial charge is 0.120 e. The lowest BCUT2D eigenvalue weighted by Crippen LogP contribution is -2.05. The van der Waals surface area contributed by atoms with Gasteiger partial charge in [0.05, 0.1) is 25.6 Å². The lowest BCUT2D eigenvalue weighted by atomic mass is 10.0. The van der Waals surface area contributed by atoms with Gasteiger partial charge in [-0.3, -0.25) is 0 Å². The minimum Gasteiger partial charge on any atom is -0.497 e. The van der Waals surface area contributed by atoms with Crippen molar-refractivity contribution in [2.75, 3.05) is 19.5 Å². The number of rotatable bonds is 4. The Hall–Kier alpha value is -2.59. The Balaban J connectivity index is 1.75. The molecule has 4 rings (SSSR count). The van der Waals surface area contributed by atoms with Crippen LogP contribution < -0.4 is 14.8 Å². The number of benzene rings is 3. The number of methoxy groups -OCH3 is 2. The van der Waals surface area contributed by atoms with Gasteiger partial charge in [0.2, 0.25) is 0 Å². The van der Waals surface area contributed by atoms with E-state index in [1.54, 1.807) is 26.0 Å². The lowest BCUT2D eigenvalue weighted by molar-refractivity contribution is 0.413. The summed E-state index contributed by atoms with van der Waals surface area (Å²) in [6.45, 7) is 0. The molecule has 0 aliphatic carbocycles. The van der Waals surface area contributed by atoms with E-state index in [9.17, 15) is 0 Å². The van der Waals surface area contributed by atoms with Crippen LogP contribution in [0.25, 0.3) is 0 Å². The van der Waals surface area contributed by atoms with Crippen LogP contribution in [0.5, 0.6) is 11.5 Å². The van der Waals surface area contributed by atoms with Gasteiger partial charge >= 0.3 is 0 Å². The summed E-state index contributed by atoms with van der Waals surface area (Å²) in [5.41, 5.74) is 4.78. The second-order valence-corrected chi connectivity index (χ2v) is 6.99. The molecule has 1 heterocycles. The number of nitrogens with one attached hydrogen (secondary N) is 1. The Labute approximate surface area is 152 Å². The Morgan fingerprint density at radius 1 is 0.840 bits per heavy atom. The molecular weight excluding hydrogens is 330 g/mol. The molecule has 0 fully saturated rings. The third kappa shape index (κ3) is 3.17. The van der Waals surface area contributed by atoms with Crippen LogP contribution in [0.2, 0.25) is 0 Å². The van der Waals surface area contributed by atoms with Crippen LogP contribution in [0.15, 0.2) is 70.5 Å². The Kier molecular flexibility index (Phi) is 4.28. The first-order valence-electron chi connectivity index (χ1n) is 8.14. The number of fused-ring (bicyclic) bond motifs is 2. The molecule has 0 unspecified atom stereocenters. The van der Waals surface area contributed by atoms with Crippen LogP contribution in [0.1, 0.15) is 11.1 Å². The molecule has 3 aromatic rings. The van der Waals surface area contributed by atoms with Crippen molar-refractivity contribution in [1.82, 2.24) is 0 Å². The van der Waals surface area contributed by atoms with Gasteiger partial charge in [0, 0.05) is 9.79 Å². The summed E-state index contributed by atoms with van der Waals surface area (Å²) in [5.74, 6) is 1.74. The molecule has 1 N–H and O–H groups in total. The molecule has 1 aliphatic rings. The van der Waals surface area contributed by atoms with Crippen molar-refractivity contribution in [2.45, 2.75) is 16.2 Å². The second kappa shape index (κ2) is 6.73. The molecule has 3 nitrogen and oxygen atoms in total. The maximum atomic E-state index is 5.53. The molecule has 0 spiro atoms. The quantitative estimate of drug-likeness (QED) is 0.527. The third-order valence-electron chi connectivity index (χ3n) is 4.30. The molecule has 0 amide bonds. The van der Waals surface area contributed by atoms with E-state index in [2.05, 4.69) is 53.8 Å². The molecule has 3 aromatic carbocycles. The number of anilines is 2. The molecule has 4 heteroatoms. The van der Waals surface area contributed by atoms with Crippen molar-refractivity contribution in [3.63, 3.8) is 0 Å². The van der Waals surface area contributed by atoms with Crippen molar-refractivity contribution in [3.05, 3.63) is 71.8 Å². The van der Waals surface area contributed by atoms with Crippen molar-refractivity contribution in [1.29, 1.82) is 0 Å². The first kappa shape index (κ1) is 15.9. The van der Waals surface area contributed by atoms with Gasteiger partial charge in [0.1, 0.15) is 11.5 Å². The summed E-state index contributed by atoms with van der Waals surface area (Å²) < 4.78 is 10.9. The molecule has 0 bridgehead atoms. The van der Waals surface area contributed by atoms with Gasteiger partial charge in [-0.25, -0.2) is 0 Å². The van der Waals surface area contributed by atoms with Gasteiger partial charge in [-0.2, -0.15) is 0 Å². The first-order valence-corrected chi connectivity index (χ1v) is 8.96. The highest BCUT2D eigenvalue weighted by Gasteiger charge is 2.20. The van der Waals surface area contributed by atoms with Crippen LogP contribution >= 0.6 is 11.8 Å². The minimum absolute atomic E-state index is 0.861. The highest BCUT2D eigenvalue weighted by molar-refractivity contribution is 7.99. The Morgan fingerprint density at radius 3 is 2.36 bits per heavy atom. The van der Waals surface area contributed by atoms with E-state index < -0.39 is 0 Å². The van der Waals surface area contributed by atoms with E-state index in [0.29, 0.717) is 0 Å². The predicted octanol–water partition coefficient (Wildman–Crippen LogP) is 5.50. The van der Waals surface area contributed by atoms with E-state index >= 15 is 0 Å².